The summed E-state index contributed by atoms with van der Waals surface area (Å²) in [4.78, 5) is 45.3. The van der Waals surface area contributed by atoms with Gasteiger partial charge in [0.1, 0.15) is 30.0 Å². The third kappa shape index (κ3) is 12.6. The molecule has 7 bridgehead atoms. The number of unbranched alkanes of at least 4 members (excludes halogenated alkanes) is 20. The topological polar surface area (TPSA) is 150 Å². The molecule has 0 aromatic heterocycles. The first-order valence-corrected chi connectivity index (χ1v) is 30.6. The Balaban J connectivity index is 1.08. The van der Waals surface area contributed by atoms with Crippen molar-refractivity contribution in [2.45, 2.75) is 248 Å². The van der Waals surface area contributed by atoms with Gasteiger partial charge in [-0.2, -0.15) is 0 Å². The molecule has 5 aliphatic carbocycles. The quantitative estimate of drug-likeness (QED) is 0.0285. The number of benzene rings is 1. The normalized spacial score (nSPS) is 34.1. The number of allylic oxidation sites excluding steroid dienone is 4. The van der Waals surface area contributed by atoms with Gasteiger partial charge in [-0.25, -0.2) is 4.79 Å². The van der Waals surface area contributed by atoms with Crippen LogP contribution in [0.15, 0.2) is 54.6 Å². The van der Waals surface area contributed by atoms with Crippen LogP contribution in [-0.2, 0) is 38.0 Å². The van der Waals surface area contributed by atoms with Gasteiger partial charge in [-0.05, 0) is 88.8 Å². The van der Waals surface area contributed by atoms with Crippen LogP contribution in [0.4, 0.5) is 0 Å². The summed E-state index contributed by atoms with van der Waals surface area (Å²) in [5, 5.41) is 26.3. The predicted octanol–water partition coefficient (Wildman–Crippen LogP) is 12.5. The highest BCUT2D eigenvalue weighted by Crippen LogP contribution is 2.80. The molecule has 1 aromatic carbocycles. The minimum Gasteiger partial charge on any atom is -0.462 e. The maximum absolute atomic E-state index is 14.7. The summed E-state index contributed by atoms with van der Waals surface area (Å²) in [7, 11) is 6.97. The van der Waals surface area contributed by atoms with E-state index in [1.807, 2.05) is 6.07 Å². The molecule has 1 spiro atoms. The molecular formula is C64H101NO11. The van der Waals surface area contributed by atoms with E-state index in [4.69, 9.17) is 28.4 Å². The largest absolute Gasteiger partial charge is 0.462 e. The minimum atomic E-state index is -1.84. The Morgan fingerprint density at radius 3 is 1.82 bits per heavy atom. The molecule has 1 heterocycles. The molecule has 12 nitrogen and oxygen atoms in total. The van der Waals surface area contributed by atoms with E-state index in [0.29, 0.717) is 44.4 Å². The second kappa shape index (κ2) is 28.8. The summed E-state index contributed by atoms with van der Waals surface area (Å²) in [6.45, 7) is 5.35. The van der Waals surface area contributed by atoms with Crippen LogP contribution in [0.3, 0.4) is 0 Å². The number of hydrogen-bond acceptors (Lipinski definition) is 12. The lowest BCUT2D eigenvalue weighted by Gasteiger charge is -2.70. The molecule has 12 heteroatoms. The molecule has 428 valence electrons. The Bertz CT molecular complexity index is 2010. The van der Waals surface area contributed by atoms with Crippen LogP contribution in [0.25, 0.3) is 0 Å². The van der Waals surface area contributed by atoms with Gasteiger partial charge in [0.05, 0.1) is 18.3 Å². The van der Waals surface area contributed by atoms with E-state index in [1.165, 1.54) is 90.6 Å². The van der Waals surface area contributed by atoms with Crippen LogP contribution >= 0.6 is 0 Å². The van der Waals surface area contributed by atoms with Crippen LogP contribution in [0.1, 0.15) is 210 Å². The second-order valence-corrected chi connectivity index (χ2v) is 24.3. The predicted molar refractivity (Wildman–Crippen MR) is 298 cm³/mol. The summed E-state index contributed by atoms with van der Waals surface area (Å²) in [6, 6.07) is 8.48. The number of carbonyl (C=O) groups is 3. The van der Waals surface area contributed by atoms with Crippen LogP contribution in [0, 0.1) is 34.5 Å². The van der Waals surface area contributed by atoms with Crippen molar-refractivity contribution < 1.29 is 53.0 Å². The number of rotatable bonds is 36. The van der Waals surface area contributed by atoms with Gasteiger partial charge in [-0.1, -0.05) is 166 Å². The van der Waals surface area contributed by atoms with Crippen LogP contribution in [-0.4, -0.2) is 122 Å². The van der Waals surface area contributed by atoms with Gasteiger partial charge in [0.15, 0.2) is 5.60 Å². The van der Waals surface area contributed by atoms with Gasteiger partial charge in [-0.3, -0.25) is 9.59 Å². The zero-order valence-corrected chi connectivity index (χ0v) is 47.9. The number of aliphatic hydroxyl groups excluding tert-OH is 1. The number of hydrogen-bond donors (Lipinski definition) is 2. The molecule has 6 aliphatic rings. The van der Waals surface area contributed by atoms with Crippen molar-refractivity contribution in [3.8, 4) is 0 Å². The summed E-state index contributed by atoms with van der Waals surface area (Å²) in [5.74, 6) is -3.16. The Hall–Kier alpha value is -3.13. The first-order chi connectivity index (χ1) is 37.0. The Morgan fingerprint density at radius 2 is 1.22 bits per heavy atom. The summed E-state index contributed by atoms with van der Waals surface area (Å²) >= 11 is 0. The van der Waals surface area contributed by atoms with Crippen molar-refractivity contribution in [3.05, 3.63) is 60.2 Å². The zero-order chi connectivity index (χ0) is 54.2. The zero-order valence-electron chi connectivity index (χ0n) is 47.9. The summed E-state index contributed by atoms with van der Waals surface area (Å²) in [6.07, 6.45) is 33.3. The molecule has 1 saturated heterocycles. The molecule has 0 unspecified atom stereocenters. The molecule has 14 atom stereocenters. The molecule has 0 radical (unpaired) electrons. The van der Waals surface area contributed by atoms with E-state index in [1.54, 1.807) is 38.5 Å². The number of carbonyl (C=O) groups excluding carboxylic acids is 3. The highest BCUT2D eigenvalue weighted by molar-refractivity contribution is 5.89. The molecule has 76 heavy (non-hydrogen) atoms. The van der Waals surface area contributed by atoms with Crippen LogP contribution in [0.5, 0.6) is 0 Å². The lowest BCUT2D eigenvalue weighted by molar-refractivity contribution is -0.321. The standard InChI is InChI=1S/C64H101NO11/c1-7-9-11-13-15-17-19-21-22-24-25-27-29-31-36-40-53(66)74-51-43-52(72-5)63-49-44-62(70)58(75-60(69)47-38-34-33-35-39-47)55(49)64(57(68)59(62)73-6,48-42-50(63)61(51,46-71-4)45-65(3)56(48)63)76-54(67)41-37-32-30-28-26-23-20-18-16-14-12-10-8-2/h15,17,21-22,33-35,38-39,48-52,55-59,68,70H,7-14,16,18-20,23-32,36-37,40-46H2,1-6H3/b17-15-,22-21-/t48-,49+,50+,51+,52-,55+,56+,57-,58+,59-,61+,62-,63+,64-/m0/s1. The van der Waals surface area contributed by atoms with Crippen molar-refractivity contribution in [2.24, 2.45) is 34.5 Å². The Labute approximate surface area is 458 Å². The van der Waals surface area contributed by atoms with Gasteiger partial charge >= 0.3 is 17.9 Å². The van der Waals surface area contributed by atoms with E-state index in [-0.39, 0.29) is 30.8 Å². The fraction of sp³-hybridized carbons (Fsp3) is 0.797. The highest BCUT2D eigenvalue weighted by Gasteiger charge is 2.90. The molecular weight excluding hydrogens is 959 g/mol. The van der Waals surface area contributed by atoms with E-state index in [0.717, 1.165) is 64.2 Å². The van der Waals surface area contributed by atoms with Gasteiger partial charge in [0, 0.05) is 75.8 Å². The Morgan fingerprint density at radius 1 is 0.658 bits per heavy atom. The average molecular weight is 1060 g/mol. The molecule has 7 rings (SSSR count). The molecule has 1 aliphatic heterocycles. The van der Waals surface area contributed by atoms with E-state index >= 15 is 0 Å². The molecule has 0 amide bonds. The van der Waals surface area contributed by atoms with Crippen molar-refractivity contribution in [1.82, 2.24) is 4.90 Å². The Kier molecular flexibility index (Phi) is 23.0. The fourth-order valence-corrected chi connectivity index (χ4v) is 16.6. The van der Waals surface area contributed by atoms with Crippen molar-refractivity contribution in [2.75, 3.05) is 41.5 Å². The first kappa shape index (κ1) is 60.5. The average Bonchev–Trinajstić information content (AvgIpc) is 4.02. The van der Waals surface area contributed by atoms with Crippen molar-refractivity contribution in [1.29, 1.82) is 0 Å². The SMILES string of the molecule is CCCCC/C=C\C/C=C\CCCCCCCC(=O)O[C@@H]1C[C@H](OC)[C@@]23[C@@H]4C[C@]5(O)[C@H](OC(=O)c6ccccc6)[C@@H]4[C@](OC(=O)CCCCCCCCCCCCCCC)([C@@H](O)[C@@H]5OC)[C@H]4C[C@@H]2[C@]1(COC)CN(C)[C@H]43. The van der Waals surface area contributed by atoms with Crippen LogP contribution in [0.2, 0.25) is 0 Å². The van der Waals surface area contributed by atoms with E-state index < -0.39 is 82.2 Å². The maximum atomic E-state index is 14.7. The number of nitrogens with zero attached hydrogens (tertiary/aromatic N) is 1. The lowest BCUT2D eigenvalue weighted by atomic mass is 9.42. The lowest BCUT2D eigenvalue weighted by Crippen LogP contribution is -2.81. The number of aliphatic hydroxyl groups is 2. The number of piperidine rings is 1. The maximum Gasteiger partial charge on any atom is 0.338 e. The smallest absolute Gasteiger partial charge is 0.338 e. The highest BCUT2D eigenvalue weighted by atomic mass is 16.6. The number of esters is 3. The summed E-state index contributed by atoms with van der Waals surface area (Å²) < 4.78 is 39.4. The number of methoxy groups -OCH3 is 3. The van der Waals surface area contributed by atoms with Gasteiger partial charge in [0.2, 0.25) is 0 Å². The minimum absolute atomic E-state index is 0.117. The second-order valence-electron chi connectivity index (χ2n) is 24.3. The fourth-order valence-electron chi connectivity index (χ4n) is 16.6. The van der Waals surface area contributed by atoms with Crippen molar-refractivity contribution in [3.63, 3.8) is 0 Å². The van der Waals surface area contributed by atoms with E-state index in [2.05, 4.69) is 50.1 Å². The van der Waals surface area contributed by atoms with Gasteiger partial charge in [-0.15, -0.1) is 0 Å². The summed E-state index contributed by atoms with van der Waals surface area (Å²) in [5.41, 5.74) is -4.50. The molecule has 6 fully saturated rings. The van der Waals surface area contributed by atoms with E-state index in [9.17, 15) is 24.6 Å². The third-order valence-electron chi connectivity index (χ3n) is 19.7. The third-order valence-corrected chi connectivity index (χ3v) is 19.7. The number of likely N-dealkylation sites (tertiary alicyclic amines) is 1. The molecule has 5 saturated carbocycles. The number of fused-ring (bicyclic) bond motifs is 2. The van der Waals surface area contributed by atoms with Gasteiger partial charge < -0.3 is 43.5 Å². The van der Waals surface area contributed by atoms with Gasteiger partial charge in [0.25, 0.3) is 0 Å². The van der Waals surface area contributed by atoms with Crippen molar-refractivity contribution >= 4 is 17.9 Å². The monoisotopic (exact) mass is 1060 g/mol. The molecule has 1 aromatic rings. The molecule has 2 N–H and O–H groups in total. The first-order valence-electron chi connectivity index (χ1n) is 30.6. The van der Waals surface area contributed by atoms with Crippen LogP contribution < -0.4 is 0 Å². The number of ether oxygens (including phenoxy) is 6.